The summed E-state index contributed by atoms with van der Waals surface area (Å²) in [6.07, 6.45) is 4.45. The van der Waals surface area contributed by atoms with Crippen LogP contribution in [0.1, 0.15) is 33.6 Å². The standard InChI is InChI=1S/C18H21FN6O2S2/c1-18(2,3)27-17(26)23-11-6-10(7-11)22-14-12-4-5-25(29-19)15(12)20-8-13(14)16-24-21-9-28-16/h4-5,8-11H,6-7H2,1-3H3,(H,20,22)(H,23,26). The fourth-order valence-corrected chi connectivity index (χ4v) is 4.15. The third-order valence-electron chi connectivity index (χ3n) is 4.55. The highest BCUT2D eigenvalue weighted by atomic mass is 32.2. The number of amides is 1. The van der Waals surface area contributed by atoms with Crippen molar-refractivity contribution in [3.8, 4) is 10.6 Å². The number of aromatic nitrogens is 4. The van der Waals surface area contributed by atoms with E-state index in [1.54, 1.807) is 17.9 Å². The molecule has 0 radical (unpaired) electrons. The highest BCUT2D eigenvalue weighted by Gasteiger charge is 2.32. The third kappa shape index (κ3) is 4.30. The summed E-state index contributed by atoms with van der Waals surface area (Å²) in [5.41, 5.74) is 3.35. The normalized spacial score (nSPS) is 19.0. The minimum atomic E-state index is -0.521. The van der Waals surface area contributed by atoms with Crippen LogP contribution < -0.4 is 10.6 Å². The lowest BCUT2D eigenvalue weighted by molar-refractivity contribution is 0.0475. The number of anilines is 1. The van der Waals surface area contributed by atoms with Crippen LogP contribution in [0.25, 0.3) is 21.6 Å². The number of nitrogens with zero attached hydrogens (tertiary/aromatic N) is 4. The van der Waals surface area contributed by atoms with Crippen molar-refractivity contribution in [1.29, 1.82) is 0 Å². The Morgan fingerprint density at radius 1 is 1.38 bits per heavy atom. The summed E-state index contributed by atoms with van der Waals surface area (Å²) in [7, 11) is 0. The molecule has 0 atom stereocenters. The molecule has 3 aromatic heterocycles. The smallest absolute Gasteiger partial charge is 0.407 e. The summed E-state index contributed by atoms with van der Waals surface area (Å²) in [4.78, 5) is 16.3. The van der Waals surface area contributed by atoms with Crippen LogP contribution in [0.15, 0.2) is 24.0 Å². The number of nitrogens with one attached hydrogen (secondary N) is 2. The maximum atomic E-state index is 13.2. The molecule has 11 heteroatoms. The van der Waals surface area contributed by atoms with Gasteiger partial charge in [0, 0.05) is 29.9 Å². The molecule has 3 aromatic rings. The number of carbonyl (C=O) groups excluding carboxylic acids is 1. The molecule has 1 aliphatic carbocycles. The van der Waals surface area contributed by atoms with Crippen molar-refractivity contribution in [3.05, 3.63) is 24.0 Å². The molecule has 4 rings (SSSR count). The Kier molecular flexibility index (Phi) is 5.34. The third-order valence-corrected chi connectivity index (χ3v) is 5.72. The van der Waals surface area contributed by atoms with Crippen molar-refractivity contribution >= 4 is 46.5 Å². The SMILES string of the molecule is CC(C)(C)OC(=O)NC1CC(Nc2c(-c3nncs3)cnc3c2ccn3SF)C1. The molecule has 29 heavy (non-hydrogen) atoms. The van der Waals surface area contributed by atoms with Gasteiger partial charge in [-0.1, -0.05) is 11.3 Å². The quantitative estimate of drug-likeness (QED) is 0.612. The fourth-order valence-electron chi connectivity index (χ4n) is 3.26. The maximum Gasteiger partial charge on any atom is 0.407 e. The number of halogens is 1. The van der Waals surface area contributed by atoms with Crippen LogP contribution in [-0.4, -0.2) is 42.9 Å². The first-order valence-electron chi connectivity index (χ1n) is 9.16. The van der Waals surface area contributed by atoms with Crippen LogP contribution in [0, 0.1) is 0 Å². The fraction of sp³-hybridized carbons (Fsp3) is 0.444. The molecular weight excluding hydrogens is 415 g/mol. The summed E-state index contributed by atoms with van der Waals surface area (Å²) < 4.78 is 19.8. The predicted molar refractivity (Wildman–Crippen MR) is 113 cm³/mol. The van der Waals surface area contributed by atoms with E-state index in [9.17, 15) is 8.68 Å². The second-order valence-electron chi connectivity index (χ2n) is 7.89. The van der Waals surface area contributed by atoms with Gasteiger partial charge in [-0.2, -0.15) is 0 Å². The predicted octanol–water partition coefficient (Wildman–Crippen LogP) is 4.40. The average Bonchev–Trinajstić information content (AvgIpc) is 3.27. The molecule has 0 saturated heterocycles. The highest BCUT2D eigenvalue weighted by Crippen LogP contribution is 2.38. The van der Waals surface area contributed by atoms with Crippen LogP contribution in [0.5, 0.6) is 0 Å². The zero-order valence-corrected chi connectivity index (χ0v) is 17.8. The van der Waals surface area contributed by atoms with Crippen molar-refractivity contribution in [2.75, 3.05) is 5.32 Å². The zero-order chi connectivity index (χ0) is 20.6. The number of hydrogen-bond donors (Lipinski definition) is 2. The molecule has 1 aliphatic rings. The monoisotopic (exact) mass is 436 g/mol. The zero-order valence-electron chi connectivity index (χ0n) is 16.2. The molecule has 8 nitrogen and oxygen atoms in total. The van der Waals surface area contributed by atoms with E-state index in [4.69, 9.17) is 4.74 Å². The summed E-state index contributed by atoms with van der Waals surface area (Å²) in [6.45, 7) is 5.51. The summed E-state index contributed by atoms with van der Waals surface area (Å²) in [5.74, 6) is 0. The van der Waals surface area contributed by atoms with E-state index in [0.717, 1.165) is 34.5 Å². The van der Waals surface area contributed by atoms with E-state index in [1.807, 2.05) is 26.8 Å². The number of fused-ring (bicyclic) bond motifs is 1. The molecular formula is C18H21FN6O2S2. The van der Waals surface area contributed by atoms with Gasteiger partial charge < -0.3 is 15.4 Å². The lowest BCUT2D eigenvalue weighted by Crippen LogP contribution is -2.50. The molecule has 0 aromatic carbocycles. The second kappa shape index (κ2) is 7.79. The second-order valence-corrected chi connectivity index (χ2v) is 9.26. The first-order chi connectivity index (χ1) is 13.8. The van der Waals surface area contributed by atoms with E-state index in [-0.39, 0.29) is 24.4 Å². The van der Waals surface area contributed by atoms with Gasteiger partial charge in [-0.3, -0.25) is 0 Å². The van der Waals surface area contributed by atoms with Gasteiger partial charge in [-0.05, 0) is 39.7 Å². The van der Waals surface area contributed by atoms with Gasteiger partial charge in [0.25, 0.3) is 0 Å². The van der Waals surface area contributed by atoms with Crippen LogP contribution >= 0.6 is 23.7 Å². The van der Waals surface area contributed by atoms with Gasteiger partial charge in [0.15, 0.2) is 23.0 Å². The van der Waals surface area contributed by atoms with Gasteiger partial charge in [-0.25, -0.2) is 13.8 Å². The van der Waals surface area contributed by atoms with Crippen molar-refractivity contribution in [2.45, 2.75) is 51.3 Å². The number of ether oxygens (including phenoxy) is 1. The van der Waals surface area contributed by atoms with E-state index in [2.05, 4.69) is 25.8 Å². The number of carbonyl (C=O) groups is 1. The van der Waals surface area contributed by atoms with Gasteiger partial charge in [0.2, 0.25) is 0 Å². The Morgan fingerprint density at radius 3 is 2.83 bits per heavy atom. The van der Waals surface area contributed by atoms with Gasteiger partial charge in [0.1, 0.15) is 11.1 Å². The molecule has 0 aliphatic heterocycles. The molecule has 3 heterocycles. The molecule has 1 amide bonds. The summed E-state index contributed by atoms with van der Waals surface area (Å²) in [6, 6.07) is 2.04. The molecule has 154 valence electrons. The summed E-state index contributed by atoms with van der Waals surface area (Å²) in [5, 5.41) is 16.0. The molecule has 0 bridgehead atoms. The first-order valence-corrected chi connectivity index (χ1v) is 10.7. The number of alkyl carbamates (subject to hydrolysis) is 1. The minimum absolute atomic E-state index is 0.0515. The highest BCUT2D eigenvalue weighted by molar-refractivity contribution is 7.92. The Labute approximate surface area is 175 Å². The number of hydrogen-bond acceptors (Lipinski definition) is 8. The van der Waals surface area contributed by atoms with Crippen LogP contribution in [-0.2, 0) is 4.74 Å². The van der Waals surface area contributed by atoms with E-state index in [1.165, 1.54) is 15.3 Å². The molecule has 0 spiro atoms. The van der Waals surface area contributed by atoms with Gasteiger partial charge >= 0.3 is 6.09 Å². The van der Waals surface area contributed by atoms with E-state index >= 15 is 0 Å². The maximum absolute atomic E-state index is 13.2. The Bertz CT molecular complexity index is 1010. The van der Waals surface area contributed by atoms with Crippen molar-refractivity contribution in [3.63, 3.8) is 0 Å². The minimum Gasteiger partial charge on any atom is -0.444 e. The van der Waals surface area contributed by atoms with Crippen LogP contribution in [0.4, 0.5) is 14.4 Å². The van der Waals surface area contributed by atoms with Crippen molar-refractivity contribution in [1.82, 2.24) is 24.5 Å². The topological polar surface area (TPSA) is 94.0 Å². The number of pyridine rings is 1. The van der Waals surface area contributed by atoms with Gasteiger partial charge in [0.05, 0.1) is 11.3 Å². The van der Waals surface area contributed by atoms with Crippen molar-refractivity contribution < 1.29 is 13.4 Å². The lowest BCUT2D eigenvalue weighted by Gasteiger charge is -2.37. The van der Waals surface area contributed by atoms with Crippen molar-refractivity contribution in [2.24, 2.45) is 0 Å². The molecule has 0 unspecified atom stereocenters. The van der Waals surface area contributed by atoms with E-state index in [0.29, 0.717) is 5.65 Å². The molecule has 2 N–H and O–H groups in total. The Hall–Kier alpha value is -2.40. The average molecular weight is 437 g/mol. The number of rotatable bonds is 5. The van der Waals surface area contributed by atoms with Crippen LogP contribution in [0.3, 0.4) is 0 Å². The Balaban J connectivity index is 1.50. The Morgan fingerprint density at radius 2 is 2.17 bits per heavy atom. The summed E-state index contributed by atoms with van der Waals surface area (Å²) >= 11 is 1.52. The largest absolute Gasteiger partial charge is 0.444 e. The molecule has 1 fully saturated rings. The van der Waals surface area contributed by atoms with Gasteiger partial charge in [-0.15, -0.1) is 14.1 Å². The first kappa shape index (κ1) is 19.9. The molecule has 1 saturated carbocycles. The van der Waals surface area contributed by atoms with Crippen LogP contribution in [0.2, 0.25) is 0 Å². The lowest BCUT2D eigenvalue weighted by atomic mass is 9.86. The van der Waals surface area contributed by atoms with E-state index < -0.39 is 11.7 Å².